The van der Waals surface area contributed by atoms with Crippen molar-refractivity contribution in [3.05, 3.63) is 41.7 Å². The van der Waals surface area contributed by atoms with Gasteiger partial charge < -0.3 is 9.47 Å². The summed E-state index contributed by atoms with van der Waals surface area (Å²) in [5, 5.41) is 0. The van der Waals surface area contributed by atoms with Crippen molar-refractivity contribution in [3.8, 4) is 11.8 Å². The maximum Gasteiger partial charge on any atom is 0.297 e. The molecule has 0 N–H and O–H groups in total. The van der Waals surface area contributed by atoms with E-state index in [2.05, 4.69) is 37.9 Å². The van der Waals surface area contributed by atoms with E-state index >= 15 is 0 Å². The lowest BCUT2D eigenvalue weighted by molar-refractivity contribution is 0.101. The summed E-state index contributed by atoms with van der Waals surface area (Å²) in [5.74, 6) is 0.776. The Balaban J connectivity index is 1.56. The topological polar surface area (TPSA) is 53.4 Å². The first-order valence-electron chi connectivity index (χ1n) is 7.81. The monoisotopic (exact) mass is 314 g/mol. The number of Topliss-reactive ketones (excluding diaryl/α,β-unsaturated/α-hetero) is 1. The molecule has 0 spiro atoms. The Morgan fingerprint density at radius 1 is 1.35 bits per heavy atom. The third-order valence-electron chi connectivity index (χ3n) is 3.93. The van der Waals surface area contributed by atoms with Crippen molar-refractivity contribution >= 4 is 5.78 Å². The number of aromatic nitrogens is 2. The van der Waals surface area contributed by atoms with Crippen LogP contribution in [0.4, 0.5) is 0 Å². The number of imidazole rings is 1. The van der Waals surface area contributed by atoms with Crippen molar-refractivity contribution < 1.29 is 14.3 Å². The normalized spacial score (nSPS) is 16.8. The number of hydrogen-bond donors (Lipinski definition) is 0. The number of hydrogen-bond acceptors (Lipinski definition) is 4. The molecule has 0 saturated carbocycles. The van der Waals surface area contributed by atoms with Crippen LogP contribution in [-0.4, -0.2) is 28.0 Å². The van der Waals surface area contributed by atoms with Crippen LogP contribution in [-0.2, 0) is 12.0 Å². The summed E-state index contributed by atoms with van der Waals surface area (Å²) >= 11 is 0. The van der Waals surface area contributed by atoms with Gasteiger partial charge >= 0.3 is 0 Å². The molecule has 0 aliphatic carbocycles. The zero-order valence-electron chi connectivity index (χ0n) is 14.0. The Hall–Kier alpha value is -2.30. The molecule has 5 nitrogen and oxygen atoms in total. The van der Waals surface area contributed by atoms with Crippen LogP contribution in [0.1, 0.15) is 43.7 Å². The van der Waals surface area contributed by atoms with Crippen molar-refractivity contribution in [1.82, 2.24) is 9.55 Å². The van der Waals surface area contributed by atoms with Crippen LogP contribution in [0.2, 0.25) is 0 Å². The Kier molecular flexibility index (Phi) is 3.88. The van der Waals surface area contributed by atoms with E-state index in [1.807, 2.05) is 16.7 Å². The van der Waals surface area contributed by atoms with Crippen LogP contribution in [0.3, 0.4) is 0 Å². The number of rotatable bonds is 4. The number of nitrogens with zero attached hydrogens (tertiary/aromatic N) is 2. The Bertz CT molecular complexity index is 687. The van der Waals surface area contributed by atoms with E-state index in [0.29, 0.717) is 24.9 Å². The molecule has 122 valence electrons. The average molecular weight is 314 g/mol. The van der Waals surface area contributed by atoms with Gasteiger partial charge in [-0.2, -0.15) is 4.98 Å². The van der Waals surface area contributed by atoms with Gasteiger partial charge in [-0.25, -0.2) is 0 Å². The first-order chi connectivity index (χ1) is 10.8. The van der Waals surface area contributed by atoms with Gasteiger partial charge in [0.25, 0.3) is 6.01 Å². The summed E-state index contributed by atoms with van der Waals surface area (Å²) in [4.78, 5) is 15.5. The molecule has 23 heavy (non-hydrogen) atoms. The zero-order chi connectivity index (χ0) is 16.6. The fourth-order valence-electron chi connectivity index (χ4n) is 2.53. The van der Waals surface area contributed by atoms with Gasteiger partial charge in [0, 0.05) is 13.1 Å². The second-order valence-corrected chi connectivity index (χ2v) is 6.94. The average Bonchev–Trinajstić information content (AvgIpc) is 3.02. The summed E-state index contributed by atoms with van der Waals surface area (Å²) in [6, 6.07) is 8.65. The molecule has 1 atom stereocenters. The van der Waals surface area contributed by atoms with Gasteiger partial charge in [0.15, 0.2) is 11.9 Å². The van der Waals surface area contributed by atoms with Gasteiger partial charge in [0.1, 0.15) is 18.1 Å². The second kappa shape index (κ2) is 5.72. The van der Waals surface area contributed by atoms with E-state index in [1.54, 1.807) is 6.20 Å². The Labute approximate surface area is 136 Å². The lowest BCUT2D eigenvalue weighted by atomic mass is 9.87. The Morgan fingerprint density at radius 2 is 2.04 bits per heavy atom. The van der Waals surface area contributed by atoms with Crippen molar-refractivity contribution in [1.29, 1.82) is 0 Å². The van der Waals surface area contributed by atoms with Crippen LogP contribution in [0.5, 0.6) is 11.8 Å². The first kappa shape index (κ1) is 15.6. The maximum atomic E-state index is 11.3. The quantitative estimate of drug-likeness (QED) is 0.813. The van der Waals surface area contributed by atoms with Crippen molar-refractivity contribution in [2.75, 3.05) is 6.61 Å². The highest BCUT2D eigenvalue weighted by Gasteiger charge is 2.26. The smallest absolute Gasteiger partial charge is 0.297 e. The molecule has 5 heteroatoms. The highest BCUT2D eigenvalue weighted by molar-refractivity contribution is 5.92. The Morgan fingerprint density at radius 3 is 2.61 bits per heavy atom. The number of carbonyl (C=O) groups is 1. The molecule has 0 saturated heterocycles. The van der Waals surface area contributed by atoms with E-state index in [4.69, 9.17) is 9.47 Å². The minimum Gasteiger partial charge on any atom is -0.490 e. The summed E-state index contributed by atoms with van der Waals surface area (Å²) in [6.45, 7) is 9.16. The van der Waals surface area contributed by atoms with Gasteiger partial charge in [0.05, 0.1) is 6.54 Å². The molecule has 1 aliphatic heterocycles. The number of benzene rings is 1. The van der Waals surface area contributed by atoms with E-state index in [-0.39, 0.29) is 17.3 Å². The molecule has 1 aromatic heterocycles. The molecular formula is C18H22N2O3. The molecule has 0 bridgehead atoms. The summed E-state index contributed by atoms with van der Waals surface area (Å²) in [5.41, 5.74) is 1.85. The number of carbonyl (C=O) groups excluding carboxylic acids is 1. The highest BCUT2D eigenvalue weighted by atomic mass is 16.6. The third-order valence-corrected chi connectivity index (χ3v) is 3.93. The van der Waals surface area contributed by atoms with Gasteiger partial charge in [-0.1, -0.05) is 32.9 Å². The molecule has 1 aliphatic rings. The zero-order valence-corrected chi connectivity index (χ0v) is 14.0. The standard InChI is InChI=1S/C18H22N2O3/c1-12(21)16-10-20-9-15(23-17(20)19-16)11-22-14-7-5-13(6-8-14)18(2,3)4/h5-8,10,15H,9,11H2,1-4H3/t15-/m0/s1. The molecule has 0 radical (unpaired) electrons. The second-order valence-electron chi connectivity index (χ2n) is 6.94. The molecule has 0 unspecified atom stereocenters. The van der Waals surface area contributed by atoms with Gasteiger partial charge in [-0.3, -0.25) is 9.36 Å². The molecule has 3 rings (SSSR count). The fraction of sp³-hybridized carbons (Fsp3) is 0.444. The van der Waals surface area contributed by atoms with E-state index in [9.17, 15) is 4.79 Å². The molecule has 1 aromatic carbocycles. The van der Waals surface area contributed by atoms with E-state index < -0.39 is 0 Å². The number of fused-ring (bicyclic) bond motifs is 1. The highest BCUT2D eigenvalue weighted by Crippen LogP contribution is 2.25. The maximum absolute atomic E-state index is 11.3. The van der Waals surface area contributed by atoms with Crippen molar-refractivity contribution in [3.63, 3.8) is 0 Å². The lowest BCUT2D eigenvalue weighted by Crippen LogP contribution is -2.23. The van der Waals surface area contributed by atoms with E-state index in [1.165, 1.54) is 12.5 Å². The van der Waals surface area contributed by atoms with Crippen LogP contribution in [0.15, 0.2) is 30.5 Å². The largest absolute Gasteiger partial charge is 0.490 e. The number of ether oxygens (including phenoxy) is 2. The minimum absolute atomic E-state index is 0.0535. The van der Waals surface area contributed by atoms with Crippen LogP contribution >= 0.6 is 0 Å². The van der Waals surface area contributed by atoms with Crippen LogP contribution in [0.25, 0.3) is 0 Å². The minimum atomic E-state index is -0.0826. The van der Waals surface area contributed by atoms with Gasteiger partial charge in [-0.05, 0) is 23.1 Å². The molecule has 0 fully saturated rings. The molecule has 2 aromatic rings. The predicted molar refractivity (Wildman–Crippen MR) is 87.3 cm³/mol. The van der Waals surface area contributed by atoms with Crippen molar-refractivity contribution in [2.45, 2.75) is 45.8 Å². The van der Waals surface area contributed by atoms with Crippen LogP contribution < -0.4 is 9.47 Å². The van der Waals surface area contributed by atoms with Crippen LogP contribution in [0, 0.1) is 0 Å². The molecular weight excluding hydrogens is 292 g/mol. The fourth-order valence-corrected chi connectivity index (χ4v) is 2.53. The van der Waals surface area contributed by atoms with E-state index in [0.717, 1.165) is 5.75 Å². The SMILES string of the molecule is CC(=O)c1cn2c(n1)O[C@H](COc1ccc(C(C)(C)C)cc1)C2. The summed E-state index contributed by atoms with van der Waals surface area (Å²) in [7, 11) is 0. The van der Waals surface area contributed by atoms with Gasteiger partial charge in [-0.15, -0.1) is 0 Å². The third kappa shape index (κ3) is 3.38. The predicted octanol–water partition coefficient (Wildman–Crippen LogP) is 3.22. The lowest BCUT2D eigenvalue weighted by Gasteiger charge is -2.19. The summed E-state index contributed by atoms with van der Waals surface area (Å²) < 4.78 is 13.4. The molecule has 2 heterocycles. The molecule has 0 amide bonds. The number of ketones is 1. The van der Waals surface area contributed by atoms with Crippen molar-refractivity contribution in [2.24, 2.45) is 0 Å². The summed E-state index contributed by atoms with van der Waals surface area (Å²) in [6.07, 6.45) is 1.65. The first-order valence-corrected chi connectivity index (χ1v) is 7.81. The van der Waals surface area contributed by atoms with Gasteiger partial charge in [0.2, 0.25) is 0 Å².